The van der Waals surface area contributed by atoms with Gasteiger partial charge in [0.2, 0.25) is 10.0 Å². The number of para-hydroxylation sites is 1. The van der Waals surface area contributed by atoms with Crippen molar-refractivity contribution in [3.63, 3.8) is 0 Å². The summed E-state index contributed by atoms with van der Waals surface area (Å²) in [4.78, 5) is 25.1. The number of carbonyl (C=O) groups is 1. The summed E-state index contributed by atoms with van der Waals surface area (Å²) in [6.45, 7) is 0.388. The van der Waals surface area contributed by atoms with E-state index in [1.54, 1.807) is 36.4 Å². The number of aryl methyl sites for hydroxylation is 1. The van der Waals surface area contributed by atoms with E-state index < -0.39 is 21.6 Å². The van der Waals surface area contributed by atoms with Gasteiger partial charge in [0.1, 0.15) is 5.56 Å². The number of benzene rings is 2. The van der Waals surface area contributed by atoms with E-state index in [1.165, 1.54) is 17.5 Å². The smallest absolute Gasteiger partial charge is 0.349 e. The molecule has 4 rings (SSSR count). The number of hydrogen-bond acceptors (Lipinski definition) is 6. The number of anilines is 2. The van der Waals surface area contributed by atoms with Gasteiger partial charge in [-0.1, -0.05) is 18.2 Å². The Bertz CT molecular complexity index is 1310. The molecular formula is C21H20N2O6S. The van der Waals surface area contributed by atoms with Crippen molar-refractivity contribution in [1.82, 2.24) is 0 Å². The van der Waals surface area contributed by atoms with Gasteiger partial charge in [-0.25, -0.2) is 13.2 Å². The highest BCUT2D eigenvalue weighted by atomic mass is 32.2. The van der Waals surface area contributed by atoms with Gasteiger partial charge >= 0.3 is 5.63 Å². The van der Waals surface area contributed by atoms with Gasteiger partial charge in [0.05, 0.1) is 19.1 Å². The first-order valence-electron chi connectivity index (χ1n) is 9.31. The fraction of sp³-hybridized carbons (Fsp3) is 0.238. The molecule has 0 saturated carbocycles. The monoisotopic (exact) mass is 428 g/mol. The van der Waals surface area contributed by atoms with Crippen molar-refractivity contribution in [3.8, 4) is 5.75 Å². The van der Waals surface area contributed by atoms with Crippen LogP contribution in [0.3, 0.4) is 0 Å². The van der Waals surface area contributed by atoms with E-state index in [0.717, 1.165) is 24.7 Å². The van der Waals surface area contributed by atoms with Crippen LogP contribution in [0.15, 0.2) is 51.7 Å². The van der Waals surface area contributed by atoms with Crippen LogP contribution in [0.5, 0.6) is 5.75 Å². The van der Waals surface area contributed by atoms with Gasteiger partial charge in [-0.3, -0.25) is 9.10 Å². The van der Waals surface area contributed by atoms with E-state index in [-0.39, 0.29) is 11.1 Å². The lowest BCUT2D eigenvalue weighted by molar-refractivity contribution is 0.102. The Morgan fingerprint density at radius 3 is 2.73 bits per heavy atom. The van der Waals surface area contributed by atoms with E-state index in [9.17, 15) is 18.0 Å². The second kappa shape index (κ2) is 7.49. The highest BCUT2D eigenvalue weighted by Gasteiger charge is 2.25. The Balaban J connectivity index is 1.68. The van der Waals surface area contributed by atoms with Crippen molar-refractivity contribution in [2.24, 2.45) is 0 Å². The van der Waals surface area contributed by atoms with Crippen molar-refractivity contribution < 1.29 is 22.4 Å². The molecular weight excluding hydrogens is 408 g/mol. The molecule has 0 fully saturated rings. The molecule has 2 heterocycles. The number of fused-ring (bicyclic) bond motifs is 2. The van der Waals surface area contributed by atoms with E-state index in [0.29, 0.717) is 29.1 Å². The van der Waals surface area contributed by atoms with Gasteiger partial charge in [0.15, 0.2) is 11.3 Å². The fourth-order valence-corrected chi connectivity index (χ4v) is 4.59. The molecule has 1 aromatic heterocycles. The van der Waals surface area contributed by atoms with Crippen molar-refractivity contribution in [2.45, 2.75) is 12.8 Å². The summed E-state index contributed by atoms with van der Waals surface area (Å²) in [6, 6.07) is 11.6. The van der Waals surface area contributed by atoms with Gasteiger partial charge in [0, 0.05) is 17.6 Å². The number of nitrogens with zero attached hydrogens (tertiary/aromatic N) is 1. The van der Waals surface area contributed by atoms with Gasteiger partial charge in [-0.2, -0.15) is 0 Å². The Morgan fingerprint density at radius 2 is 2.00 bits per heavy atom. The maximum atomic E-state index is 12.7. The third kappa shape index (κ3) is 3.63. The van der Waals surface area contributed by atoms with Crippen LogP contribution in [-0.4, -0.2) is 34.2 Å². The van der Waals surface area contributed by atoms with Gasteiger partial charge in [-0.15, -0.1) is 0 Å². The maximum absolute atomic E-state index is 12.7. The molecule has 1 aliphatic heterocycles. The number of methoxy groups -OCH3 is 1. The van der Waals surface area contributed by atoms with Crippen LogP contribution in [-0.2, 0) is 16.4 Å². The first-order chi connectivity index (χ1) is 14.3. The molecule has 30 heavy (non-hydrogen) atoms. The van der Waals surface area contributed by atoms with E-state index in [4.69, 9.17) is 9.15 Å². The first kappa shape index (κ1) is 20.0. The zero-order chi connectivity index (χ0) is 21.5. The number of rotatable bonds is 4. The normalized spacial score (nSPS) is 13.7. The number of amides is 1. The molecule has 1 amide bonds. The summed E-state index contributed by atoms with van der Waals surface area (Å²) in [5.41, 5.74) is 1.13. The van der Waals surface area contributed by atoms with Gasteiger partial charge in [0.25, 0.3) is 5.91 Å². The molecule has 3 aromatic rings. The van der Waals surface area contributed by atoms with E-state index >= 15 is 0 Å². The molecule has 0 radical (unpaired) electrons. The van der Waals surface area contributed by atoms with Gasteiger partial charge < -0.3 is 14.5 Å². The van der Waals surface area contributed by atoms with Crippen molar-refractivity contribution in [2.75, 3.05) is 29.5 Å². The number of ether oxygens (including phenoxy) is 1. The summed E-state index contributed by atoms with van der Waals surface area (Å²) in [5.74, 6) is -0.248. The van der Waals surface area contributed by atoms with Crippen LogP contribution in [0.4, 0.5) is 11.4 Å². The molecule has 0 aliphatic carbocycles. The van der Waals surface area contributed by atoms with Crippen LogP contribution in [0.1, 0.15) is 22.3 Å². The minimum atomic E-state index is -3.43. The topological polar surface area (TPSA) is 106 Å². The largest absolute Gasteiger partial charge is 0.493 e. The highest BCUT2D eigenvalue weighted by Crippen LogP contribution is 2.32. The molecule has 0 spiro atoms. The van der Waals surface area contributed by atoms with Crippen LogP contribution >= 0.6 is 0 Å². The highest BCUT2D eigenvalue weighted by molar-refractivity contribution is 7.92. The first-order valence-corrected chi connectivity index (χ1v) is 11.2. The molecule has 1 N–H and O–H groups in total. The maximum Gasteiger partial charge on any atom is 0.349 e. The number of sulfonamides is 1. The fourth-order valence-electron chi connectivity index (χ4n) is 3.60. The predicted molar refractivity (Wildman–Crippen MR) is 114 cm³/mol. The lowest BCUT2D eigenvalue weighted by Gasteiger charge is -2.29. The third-order valence-corrected chi connectivity index (χ3v) is 6.19. The Kier molecular flexibility index (Phi) is 4.98. The summed E-state index contributed by atoms with van der Waals surface area (Å²) in [7, 11) is -1.97. The summed E-state index contributed by atoms with van der Waals surface area (Å²) < 4.78 is 36.0. The Morgan fingerprint density at radius 1 is 1.20 bits per heavy atom. The van der Waals surface area contributed by atoms with Crippen LogP contribution < -0.4 is 20.0 Å². The Hall–Kier alpha value is -3.33. The second-order valence-electron chi connectivity index (χ2n) is 7.06. The minimum absolute atomic E-state index is 0.159. The average molecular weight is 428 g/mol. The molecule has 8 nitrogen and oxygen atoms in total. The molecule has 2 aromatic carbocycles. The quantitative estimate of drug-likeness (QED) is 0.641. The molecule has 0 unspecified atom stereocenters. The number of hydrogen-bond donors (Lipinski definition) is 1. The minimum Gasteiger partial charge on any atom is -0.493 e. The lowest BCUT2D eigenvalue weighted by atomic mass is 10.0. The SMILES string of the molecule is COc1cccc2cc(C(=O)Nc3ccc4c(c3)N(S(C)(=O)=O)CCC4)c(=O)oc12. The third-order valence-electron chi connectivity index (χ3n) is 5.01. The van der Waals surface area contributed by atoms with Gasteiger partial charge in [-0.05, 0) is 42.7 Å². The molecule has 0 saturated heterocycles. The Labute approximate surface area is 173 Å². The second-order valence-corrected chi connectivity index (χ2v) is 8.97. The standard InChI is InChI=1S/C21H20N2O6S/c1-28-18-7-3-5-14-11-16(21(25)29-19(14)18)20(24)22-15-9-8-13-6-4-10-23(17(13)12-15)30(2,26)27/h3,5,7-9,11-12H,4,6,10H2,1-2H3,(H,22,24). The average Bonchev–Trinajstić information content (AvgIpc) is 2.71. The van der Waals surface area contributed by atoms with Crippen LogP contribution in [0.25, 0.3) is 11.0 Å². The molecule has 1 aliphatic rings. The molecule has 9 heteroatoms. The predicted octanol–water partition coefficient (Wildman–Crippen LogP) is 2.77. The zero-order valence-corrected chi connectivity index (χ0v) is 17.3. The number of carbonyl (C=O) groups excluding carboxylic acids is 1. The van der Waals surface area contributed by atoms with Crippen LogP contribution in [0.2, 0.25) is 0 Å². The molecule has 156 valence electrons. The van der Waals surface area contributed by atoms with E-state index in [1.807, 2.05) is 0 Å². The molecule has 0 atom stereocenters. The number of nitrogens with one attached hydrogen (secondary N) is 1. The summed E-state index contributed by atoms with van der Waals surface area (Å²) >= 11 is 0. The summed E-state index contributed by atoms with van der Waals surface area (Å²) in [5, 5.41) is 3.21. The lowest BCUT2D eigenvalue weighted by Crippen LogP contribution is -2.34. The van der Waals surface area contributed by atoms with Crippen molar-refractivity contribution in [3.05, 3.63) is 64.0 Å². The van der Waals surface area contributed by atoms with E-state index in [2.05, 4.69) is 5.32 Å². The molecule has 0 bridgehead atoms. The van der Waals surface area contributed by atoms with Crippen molar-refractivity contribution in [1.29, 1.82) is 0 Å². The zero-order valence-electron chi connectivity index (χ0n) is 16.5. The van der Waals surface area contributed by atoms with Crippen molar-refractivity contribution >= 4 is 38.3 Å². The summed E-state index contributed by atoms with van der Waals surface area (Å²) in [6.07, 6.45) is 2.64. The van der Waals surface area contributed by atoms with Crippen LogP contribution in [0, 0.1) is 0 Å².